The van der Waals surface area contributed by atoms with Gasteiger partial charge < -0.3 is 10.1 Å². The highest BCUT2D eigenvalue weighted by Gasteiger charge is 2.19. The molecule has 2 rings (SSSR count). The quantitative estimate of drug-likeness (QED) is 0.856. The van der Waals surface area contributed by atoms with Crippen molar-refractivity contribution in [3.05, 3.63) is 27.7 Å². The van der Waals surface area contributed by atoms with E-state index in [4.69, 9.17) is 4.74 Å². The van der Waals surface area contributed by atoms with Gasteiger partial charge in [0.25, 0.3) is 0 Å². The van der Waals surface area contributed by atoms with Crippen LogP contribution in [0.15, 0.2) is 16.6 Å². The summed E-state index contributed by atoms with van der Waals surface area (Å²) >= 11 is 3.46. The van der Waals surface area contributed by atoms with E-state index < -0.39 is 15.3 Å². The topological polar surface area (TPSA) is 67.4 Å². The molecule has 20 heavy (non-hydrogen) atoms. The smallest absolute Gasteiger partial charge is 0.214 e. The molecule has 2 N–H and O–H groups in total. The highest BCUT2D eigenvalue weighted by atomic mass is 79.9. The van der Waals surface area contributed by atoms with Gasteiger partial charge in [0.1, 0.15) is 12.4 Å². The number of halogens is 1. The molecule has 0 aromatic heterocycles. The number of sulfonamides is 1. The van der Waals surface area contributed by atoms with Crippen molar-refractivity contribution in [3.63, 3.8) is 0 Å². The molecule has 1 aliphatic heterocycles. The number of nitrogens with one attached hydrogen (secondary N) is 2. The zero-order valence-electron chi connectivity index (χ0n) is 11.6. The number of rotatable bonds is 4. The number of hydrogen-bond donors (Lipinski definition) is 2. The van der Waals surface area contributed by atoms with Crippen LogP contribution in [0.5, 0.6) is 5.75 Å². The van der Waals surface area contributed by atoms with E-state index >= 15 is 0 Å². The van der Waals surface area contributed by atoms with Gasteiger partial charge in [-0.05, 0) is 26.0 Å². The van der Waals surface area contributed by atoms with Gasteiger partial charge >= 0.3 is 0 Å². The van der Waals surface area contributed by atoms with Crippen molar-refractivity contribution in [2.45, 2.75) is 32.2 Å². The fraction of sp³-hybridized carbons (Fsp3) is 0.538. The predicted molar refractivity (Wildman–Crippen MR) is 82.2 cm³/mol. The van der Waals surface area contributed by atoms with Crippen LogP contribution in [0.25, 0.3) is 0 Å². The molecule has 1 aromatic rings. The monoisotopic (exact) mass is 362 g/mol. The summed E-state index contributed by atoms with van der Waals surface area (Å²) in [6, 6.07) is 3.89. The van der Waals surface area contributed by atoms with E-state index in [-0.39, 0.29) is 6.54 Å². The van der Waals surface area contributed by atoms with E-state index in [9.17, 15) is 8.42 Å². The van der Waals surface area contributed by atoms with Gasteiger partial charge in [-0.3, -0.25) is 0 Å². The second kappa shape index (κ2) is 6.43. The molecule has 0 bridgehead atoms. The van der Waals surface area contributed by atoms with Crippen molar-refractivity contribution in [3.8, 4) is 5.75 Å². The Morgan fingerprint density at radius 2 is 2.20 bits per heavy atom. The summed E-state index contributed by atoms with van der Waals surface area (Å²) in [5.74, 6) is 0.782. The van der Waals surface area contributed by atoms with Crippen LogP contribution in [-0.4, -0.2) is 26.8 Å². The molecule has 5 nitrogen and oxygen atoms in total. The third kappa shape index (κ3) is 3.72. The van der Waals surface area contributed by atoms with Crippen LogP contribution in [-0.2, 0) is 23.1 Å². The zero-order chi connectivity index (χ0) is 14.8. The third-order valence-corrected chi connectivity index (χ3v) is 5.38. The molecular formula is C13H19BrN2O3S. The van der Waals surface area contributed by atoms with E-state index in [1.165, 1.54) is 0 Å². The van der Waals surface area contributed by atoms with E-state index in [1.54, 1.807) is 13.8 Å². The van der Waals surface area contributed by atoms with Crippen molar-refractivity contribution in [2.24, 2.45) is 0 Å². The number of hydrogen-bond acceptors (Lipinski definition) is 4. The van der Waals surface area contributed by atoms with Gasteiger partial charge in [-0.15, -0.1) is 0 Å². The molecule has 0 unspecified atom stereocenters. The van der Waals surface area contributed by atoms with Crippen molar-refractivity contribution in [1.82, 2.24) is 10.0 Å². The first kappa shape index (κ1) is 15.8. The Bertz CT molecular complexity index is 588. The molecule has 0 amide bonds. The first-order chi connectivity index (χ1) is 9.40. The first-order valence-corrected chi connectivity index (χ1v) is 8.87. The van der Waals surface area contributed by atoms with Gasteiger partial charge in [-0.2, -0.15) is 0 Å². The average Bonchev–Trinajstić information content (AvgIpc) is 2.60. The highest BCUT2D eigenvalue weighted by Crippen LogP contribution is 2.30. The SMILES string of the molecule is CC(C)S(=O)(=O)NCc1cc(Br)cc2c1OCCNC2. The maximum Gasteiger partial charge on any atom is 0.214 e. The van der Waals surface area contributed by atoms with E-state index in [0.29, 0.717) is 6.61 Å². The molecule has 0 saturated carbocycles. The molecule has 0 atom stereocenters. The molecule has 0 radical (unpaired) electrons. The second-order valence-electron chi connectivity index (χ2n) is 4.99. The van der Waals surface area contributed by atoms with Crippen LogP contribution >= 0.6 is 15.9 Å². The average molecular weight is 363 g/mol. The lowest BCUT2D eigenvalue weighted by Gasteiger charge is -2.15. The fourth-order valence-corrected chi connectivity index (χ4v) is 3.20. The summed E-state index contributed by atoms with van der Waals surface area (Å²) in [4.78, 5) is 0. The summed E-state index contributed by atoms with van der Waals surface area (Å²) in [6.07, 6.45) is 0. The Morgan fingerprint density at radius 1 is 1.45 bits per heavy atom. The van der Waals surface area contributed by atoms with Crippen LogP contribution < -0.4 is 14.8 Å². The van der Waals surface area contributed by atoms with Crippen molar-refractivity contribution in [2.75, 3.05) is 13.2 Å². The first-order valence-electron chi connectivity index (χ1n) is 6.53. The predicted octanol–water partition coefficient (Wildman–Crippen LogP) is 1.76. The largest absolute Gasteiger partial charge is 0.492 e. The lowest BCUT2D eigenvalue weighted by atomic mass is 10.1. The second-order valence-corrected chi connectivity index (χ2v) is 8.23. The number of ether oxygens (including phenoxy) is 1. The Kier molecular flexibility index (Phi) is 5.06. The number of fused-ring (bicyclic) bond motifs is 1. The fourth-order valence-electron chi connectivity index (χ4n) is 1.95. The minimum Gasteiger partial charge on any atom is -0.492 e. The Hall–Kier alpha value is -0.630. The molecule has 0 aliphatic carbocycles. The maximum atomic E-state index is 11.8. The van der Waals surface area contributed by atoms with Crippen molar-refractivity contribution >= 4 is 26.0 Å². The minimum absolute atomic E-state index is 0.238. The minimum atomic E-state index is -3.28. The van der Waals surface area contributed by atoms with Crippen LogP contribution in [0.4, 0.5) is 0 Å². The van der Waals surface area contributed by atoms with Gasteiger partial charge in [-0.1, -0.05) is 15.9 Å². The molecule has 0 saturated heterocycles. The molecule has 1 aromatic carbocycles. The molecular weight excluding hydrogens is 344 g/mol. The van der Waals surface area contributed by atoms with E-state index in [2.05, 4.69) is 26.0 Å². The van der Waals surface area contributed by atoms with Crippen LogP contribution in [0, 0.1) is 0 Å². The Balaban J connectivity index is 2.26. The molecule has 1 heterocycles. The van der Waals surface area contributed by atoms with Crippen LogP contribution in [0.3, 0.4) is 0 Å². The maximum absolute atomic E-state index is 11.8. The molecule has 0 spiro atoms. The standard InChI is InChI=1S/C13H19BrN2O3S/c1-9(2)20(17,18)16-8-11-6-12(14)5-10-7-15-3-4-19-13(10)11/h5-6,9,15-16H,3-4,7-8H2,1-2H3. The molecule has 0 fully saturated rings. The normalized spacial score (nSPS) is 15.6. The Morgan fingerprint density at radius 3 is 2.90 bits per heavy atom. The van der Waals surface area contributed by atoms with Crippen LogP contribution in [0.1, 0.15) is 25.0 Å². The van der Waals surface area contributed by atoms with E-state index in [1.807, 2.05) is 12.1 Å². The summed E-state index contributed by atoms with van der Waals surface area (Å²) in [7, 11) is -3.28. The van der Waals surface area contributed by atoms with Gasteiger partial charge in [0.15, 0.2) is 0 Å². The van der Waals surface area contributed by atoms with Crippen LogP contribution in [0.2, 0.25) is 0 Å². The van der Waals surface area contributed by atoms with Crippen molar-refractivity contribution < 1.29 is 13.2 Å². The molecule has 112 valence electrons. The molecule has 1 aliphatic rings. The third-order valence-electron chi connectivity index (χ3n) is 3.13. The highest BCUT2D eigenvalue weighted by molar-refractivity contribution is 9.10. The van der Waals surface area contributed by atoms with E-state index in [0.717, 1.165) is 34.4 Å². The van der Waals surface area contributed by atoms with Gasteiger partial charge in [0.2, 0.25) is 10.0 Å². The van der Waals surface area contributed by atoms with Gasteiger partial charge in [0, 0.05) is 35.2 Å². The van der Waals surface area contributed by atoms with Gasteiger partial charge in [-0.25, -0.2) is 13.1 Å². The number of benzene rings is 1. The zero-order valence-corrected chi connectivity index (χ0v) is 14.0. The van der Waals surface area contributed by atoms with Gasteiger partial charge in [0.05, 0.1) is 5.25 Å². The summed E-state index contributed by atoms with van der Waals surface area (Å²) in [6.45, 7) is 5.64. The lowest BCUT2D eigenvalue weighted by Crippen LogP contribution is -2.30. The summed E-state index contributed by atoms with van der Waals surface area (Å²) in [5.41, 5.74) is 1.89. The van der Waals surface area contributed by atoms with Crippen molar-refractivity contribution in [1.29, 1.82) is 0 Å². The lowest BCUT2D eigenvalue weighted by molar-refractivity contribution is 0.322. The Labute approximate surface area is 128 Å². The summed E-state index contributed by atoms with van der Waals surface area (Å²) in [5, 5.41) is 2.82. The summed E-state index contributed by atoms with van der Waals surface area (Å²) < 4.78 is 33.0. The molecule has 7 heteroatoms.